The van der Waals surface area contributed by atoms with Gasteiger partial charge in [-0.25, -0.2) is 0 Å². The fraction of sp³-hybridized carbons (Fsp3) is 0. The van der Waals surface area contributed by atoms with E-state index in [1.807, 2.05) is 0 Å². The number of fused-ring (bicyclic) bond motifs is 9. The van der Waals surface area contributed by atoms with Gasteiger partial charge >= 0.3 is 0 Å². The molecule has 65 heavy (non-hydrogen) atoms. The predicted molar refractivity (Wildman–Crippen MR) is 274 cm³/mol. The molecule has 2 heterocycles. The molecule has 13 aromatic rings. The molecule has 0 radical (unpaired) electrons. The molecule has 11 aromatic carbocycles. The number of furan rings is 1. The third-order valence-corrected chi connectivity index (χ3v) is 13.2. The summed E-state index contributed by atoms with van der Waals surface area (Å²) in [4.78, 5) is 2.39. The molecule has 0 unspecified atom stereocenters. The molecular weight excluding hydrogens is 789 g/mol. The molecule has 3 nitrogen and oxygen atoms in total. The van der Waals surface area contributed by atoms with Crippen molar-refractivity contribution >= 4 is 82.4 Å². The highest BCUT2D eigenvalue weighted by Gasteiger charge is 2.23. The van der Waals surface area contributed by atoms with Crippen LogP contribution in [-0.2, 0) is 0 Å². The van der Waals surface area contributed by atoms with Crippen LogP contribution in [0.2, 0.25) is 0 Å². The van der Waals surface area contributed by atoms with Gasteiger partial charge in [-0.3, -0.25) is 0 Å². The smallest absolute Gasteiger partial charge is 0.143 e. The average molecular weight is 829 g/mol. The zero-order valence-corrected chi connectivity index (χ0v) is 35.4. The van der Waals surface area contributed by atoms with Crippen LogP contribution in [0.5, 0.6) is 0 Å². The van der Waals surface area contributed by atoms with E-state index in [0.717, 1.165) is 66.8 Å². The second-order valence-corrected chi connectivity index (χ2v) is 16.8. The summed E-state index contributed by atoms with van der Waals surface area (Å²) >= 11 is 0. The van der Waals surface area contributed by atoms with E-state index in [2.05, 4.69) is 252 Å². The third-order valence-electron chi connectivity index (χ3n) is 13.2. The van der Waals surface area contributed by atoms with Crippen LogP contribution >= 0.6 is 0 Å². The molecule has 304 valence electrons. The van der Waals surface area contributed by atoms with Crippen molar-refractivity contribution in [2.45, 2.75) is 0 Å². The topological polar surface area (TPSA) is 21.3 Å². The number of rotatable bonds is 7. The Balaban J connectivity index is 1.03. The molecule has 0 bridgehead atoms. The van der Waals surface area contributed by atoms with Crippen LogP contribution in [0.4, 0.5) is 17.1 Å². The first-order valence-corrected chi connectivity index (χ1v) is 22.2. The highest BCUT2D eigenvalue weighted by molar-refractivity contribution is 6.15. The molecule has 0 saturated heterocycles. The maximum atomic E-state index is 6.90. The van der Waals surface area contributed by atoms with Gasteiger partial charge in [-0.2, -0.15) is 0 Å². The maximum absolute atomic E-state index is 6.90. The van der Waals surface area contributed by atoms with Crippen LogP contribution in [-0.4, -0.2) is 4.57 Å². The zero-order valence-electron chi connectivity index (χ0n) is 35.4. The molecule has 0 fully saturated rings. The fourth-order valence-corrected chi connectivity index (χ4v) is 10.2. The number of aromatic nitrogens is 1. The van der Waals surface area contributed by atoms with Crippen molar-refractivity contribution in [3.8, 4) is 39.1 Å². The summed E-state index contributed by atoms with van der Waals surface area (Å²) in [5.41, 5.74) is 15.2. The lowest BCUT2D eigenvalue weighted by Crippen LogP contribution is -2.10. The van der Waals surface area contributed by atoms with Crippen molar-refractivity contribution < 1.29 is 4.42 Å². The van der Waals surface area contributed by atoms with Gasteiger partial charge in [0.15, 0.2) is 0 Å². The predicted octanol–water partition coefficient (Wildman–Crippen LogP) is 17.5. The highest BCUT2D eigenvalue weighted by Crippen LogP contribution is 2.46. The van der Waals surface area contributed by atoms with E-state index in [9.17, 15) is 0 Å². The highest BCUT2D eigenvalue weighted by atomic mass is 16.3. The first-order valence-electron chi connectivity index (χ1n) is 22.2. The molecule has 0 aliphatic carbocycles. The Morgan fingerprint density at radius 2 is 0.877 bits per heavy atom. The van der Waals surface area contributed by atoms with Crippen LogP contribution < -0.4 is 4.90 Å². The standard InChI is InChI=1S/C62H40N2O/c1-2-15-41(16-3-1)42-29-34-45(35-30-42)63(46-36-31-44(32-37-46)49-23-14-24-50-48-18-5-4-17-43(48)33-38-51(49)50)47-39-56(62-57(40-47)55-22-9-13-28-61(55)65-62)54-21-8-12-27-60(54)64-58-25-10-6-19-52(58)53-20-7-11-26-59(53)64/h1-40H. The molecular formula is C62H40N2O. The largest absolute Gasteiger partial charge is 0.455 e. The summed E-state index contributed by atoms with van der Waals surface area (Å²) in [7, 11) is 0. The number of para-hydroxylation sites is 4. The van der Waals surface area contributed by atoms with Crippen LogP contribution in [0, 0.1) is 0 Å². The molecule has 0 amide bonds. The lowest BCUT2D eigenvalue weighted by atomic mass is 9.94. The monoisotopic (exact) mass is 828 g/mol. The van der Waals surface area contributed by atoms with Crippen molar-refractivity contribution in [3.05, 3.63) is 243 Å². The second kappa shape index (κ2) is 15.0. The van der Waals surface area contributed by atoms with Gasteiger partial charge in [0, 0.05) is 49.7 Å². The van der Waals surface area contributed by atoms with E-state index in [0.29, 0.717) is 0 Å². The quantitative estimate of drug-likeness (QED) is 0.149. The average Bonchev–Trinajstić information content (AvgIpc) is 3.93. The van der Waals surface area contributed by atoms with Gasteiger partial charge in [0.05, 0.1) is 16.7 Å². The van der Waals surface area contributed by atoms with Crippen LogP contribution in [0.3, 0.4) is 0 Å². The fourth-order valence-electron chi connectivity index (χ4n) is 10.2. The van der Waals surface area contributed by atoms with E-state index in [4.69, 9.17) is 4.42 Å². The molecule has 0 aliphatic rings. The lowest BCUT2D eigenvalue weighted by Gasteiger charge is -2.27. The first kappa shape index (κ1) is 36.9. The second-order valence-electron chi connectivity index (χ2n) is 16.8. The van der Waals surface area contributed by atoms with E-state index < -0.39 is 0 Å². The normalized spacial score (nSPS) is 11.7. The molecule has 0 atom stereocenters. The van der Waals surface area contributed by atoms with Crippen LogP contribution in [0.15, 0.2) is 247 Å². The Bertz CT molecular complexity index is 3880. The van der Waals surface area contributed by atoms with Gasteiger partial charge in [0.2, 0.25) is 0 Å². The van der Waals surface area contributed by atoms with Crippen molar-refractivity contribution in [1.82, 2.24) is 4.57 Å². The molecule has 0 spiro atoms. The van der Waals surface area contributed by atoms with E-state index in [1.54, 1.807) is 0 Å². The van der Waals surface area contributed by atoms with E-state index in [-0.39, 0.29) is 0 Å². The van der Waals surface area contributed by atoms with Crippen LogP contribution in [0.25, 0.3) is 104 Å². The summed E-state index contributed by atoms with van der Waals surface area (Å²) in [6.45, 7) is 0. The summed E-state index contributed by atoms with van der Waals surface area (Å²) in [6.07, 6.45) is 0. The van der Waals surface area contributed by atoms with Gasteiger partial charge in [0.25, 0.3) is 0 Å². The molecule has 0 saturated carbocycles. The molecule has 0 aliphatic heterocycles. The minimum atomic E-state index is 0.862. The molecule has 2 aromatic heterocycles. The molecule has 13 rings (SSSR count). The number of hydrogen-bond donors (Lipinski definition) is 0. The van der Waals surface area contributed by atoms with Crippen molar-refractivity contribution in [2.75, 3.05) is 4.90 Å². The van der Waals surface area contributed by atoms with Gasteiger partial charge in [-0.15, -0.1) is 0 Å². The van der Waals surface area contributed by atoms with Gasteiger partial charge in [-0.05, 0) is 104 Å². The summed E-state index contributed by atoms with van der Waals surface area (Å²) in [6, 6.07) is 87.7. The molecule has 3 heteroatoms. The zero-order chi connectivity index (χ0) is 42.8. The Hall–Kier alpha value is -8.66. The lowest BCUT2D eigenvalue weighted by molar-refractivity contribution is 0.670. The van der Waals surface area contributed by atoms with Crippen molar-refractivity contribution in [3.63, 3.8) is 0 Å². The van der Waals surface area contributed by atoms with Gasteiger partial charge in [0.1, 0.15) is 11.2 Å². The van der Waals surface area contributed by atoms with Crippen molar-refractivity contribution in [1.29, 1.82) is 0 Å². The first-order chi connectivity index (χ1) is 32.2. The minimum absolute atomic E-state index is 0.862. The number of nitrogens with zero attached hydrogens (tertiary/aromatic N) is 2. The van der Waals surface area contributed by atoms with Gasteiger partial charge in [-0.1, -0.05) is 182 Å². The number of anilines is 3. The molecule has 0 N–H and O–H groups in total. The van der Waals surface area contributed by atoms with Gasteiger partial charge < -0.3 is 13.9 Å². The number of benzene rings is 11. The third kappa shape index (κ3) is 6.05. The Kier molecular flexibility index (Phi) is 8.53. The Morgan fingerprint density at radius 3 is 1.63 bits per heavy atom. The minimum Gasteiger partial charge on any atom is -0.455 e. The Labute approximate surface area is 376 Å². The maximum Gasteiger partial charge on any atom is 0.143 e. The van der Waals surface area contributed by atoms with E-state index >= 15 is 0 Å². The van der Waals surface area contributed by atoms with Crippen LogP contribution in [0.1, 0.15) is 0 Å². The summed E-state index contributed by atoms with van der Waals surface area (Å²) < 4.78 is 9.31. The summed E-state index contributed by atoms with van der Waals surface area (Å²) in [5.74, 6) is 0. The SMILES string of the molecule is c1ccc(-c2ccc(N(c3ccc(-c4cccc5c4ccc4ccccc45)cc3)c3cc(-c4ccccc4-n4c5ccccc5c5ccccc54)c4oc5ccccc5c4c3)cc2)cc1. The van der Waals surface area contributed by atoms with Crippen molar-refractivity contribution in [2.24, 2.45) is 0 Å². The van der Waals surface area contributed by atoms with E-state index in [1.165, 1.54) is 54.6 Å². The number of hydrogen-bond acceptors (Lipinski definition) is 2. The summed E-state index contributed by atoms with van der Waals surface area (Å²) in [5, 5.41) is 9.63. The Morgan fingerprint density at radius 1 is 0.308 bits per heavy atom.